The number of nitrogens with one attached hydrogen (secondary N) is 2. The van der Waals surface area contributed by atoms with E-state index < -0.39 is 0 Å². The molecule has 100 valence electrons. The molecule has 1 heterocycles. The Labute approximate surface area is 112 Å². The summed E-state index contributed by atoms with van der Waals surface area (Å²) in [5.41, 5.74) is 0. The molecule has 1 fully saturated rings. The van der Waals surface area contributed by atoms with Gasteiger partial charge in [-0.15, -0.1) is 11.3 Å². The molecule has 18 heavy (non-hydrogen) atoms. The van der Waals surface area contributed by atoms with E-state index >= 15 is 0 Å². The minimum Gasteiger partial charge on any atom is -0.352 e. The number of hydrogen-bond acceptors (Lipinski definition) is 4. The number of carbonyl (C=O) groups is 1. The molecule has 0 bridgehead atoms. The molecule has 1 unspecified atom stereocenters. The second-order valence-corrected chi connectivity index (χ2v) is 5.69. The summed E-state index contributed by atoms with van der Waals surface area (Å²) in [6.45, 7) is 2.49. The molecule has 1 aliphatic carbocycles. The summed E-state index contributed by atoms with van der Waals surface area (Å²) in [7, 11) is 0. The minimum atomic E-state index is 0.108. The monoisotopic (exact) mass is 267 g/mol. The number of amides is 1. The Bertz CT molecular complexity index is 360. The predicted octanol–water partition coefficient (Wildman–Crippen LogP) is 2.24. The van der Waals surface area contributed by atoms with E-state index in [1.165, 1.54) is 12.8 Å². The molecule has 0 radical (unpaired) electrons. The molecule has 2 rings (SSSR count). The van der Waals surface area contributed by atoms with Crippen LogP contribution in [0.5, 0.6) is 0 Å². The van der Waals surface area contributed by atoms with E-state index in [1.807, 2.05) is 11.6 Å². The van der Waals surface area contributed by atoms with Gasteiger partial charge in [-0.2, -0.15) is 0 Å². The summed E-state index contributed by atoms with van der Waals surface area (Å²) < 4.78 is 0. The van der Waals surface area contributed by atoms with Crippen molar-refractivity contribution in [3.8, 4) is 0 Å². The van der Waals surface area contributed by atoms with Crippen LogP contribution in [0.25, 0.3) is 0 Å². The lowest BCUT2D eigenvalue weighted by molar-refractivity contribution is -0.121. The molecular formula is C13H21N3OS. The lowest BCUT2D eigenvalue weighted by Crippen LogP contribution is -2.40. The SMILES string of the molecule is CCC(NCC(=O)NC1CCCC1)c1nccs1. The third-order valence-corrected chi connectivity index (χ3v) is 4.28. The topological polar surface area (TPSA) is 54.0 Å². The Balaban J connectivity index is 1.74. The van der Waals surface area contributed by atoms with Gasteiger partial charge in [0, 0.05) is 17.6 Å². The van der Waals surface area contributed by atoms with Crippen molar-refractivity contribution in [1.29, 1.82) is 0 Å². The summed E-state index contributed by atoms with van der Waals surface area (Å²) in [6.07, 6.45) is 7.52. The Morgan fingerprint density at radius 2 is 2.33 bits per heavy atom. The highest BCUT2D eigenvalue weighted by atomic mass is 32.1. The Morgan fingerprint density at radius 1 is 1.56 bits per heavy atom. The average Bonchev–Trinajstić information content (AvgIpc) is 3.02. The lowest BCUT2D eigenvalue weighted by Gasteiger charge is -2.16. The van der Waals surface area contributed by atoms with Crippen molar-refractivity contribution in [2.24, 2.45) is 0 Å². The number of rotatable bonds is 6. The van der Waals surface area contributed by atoms with E-state index in [2.05, 4.69) is 22.5 Å². The van der Waals surface area contributed by atoms with E-state index in [0.717, 1.165) is 24.3 Å². The van der Waals surface area contributed by atoms with E-state index in [1.54, 1.807) is 11.3 Å². The molecule has 1 saturated carbocycles. The number of hydrogen-bond donors (Lipinski definition) is 2. The first kappa shape index (κ1) is 13.5. The molecule has 4 nitrogen and oxygen atoms in total. The molecule has 0 saturated heterocycles. The fourth-order valence-corrected chi connectivity index (χ4v) is 3.17. The maximum absolute atomic E-state index is 11.8. The standard InChI is InChI=1S/C13H21N3OS/c1-2-11(13-14-7-8-18-13)15-9-12(17)16-10-5-3-4-6-10/h7-8,10-11,15H,2-6,9H2,1H3,(H,16,17). The van der Waals surface area contributed by atoms with Crippen LogP contribution in [-0.2, 0) is 4.79 Å². The van der Waals surface area contributed by atoms with E-state index in [0.29, 0.717) is 12.6 Å². The van der Waals surface area contributed by atoms with Gasteiger partial charge in [0.25, 0.3) is 0 Å². The van der Waals surface area contributed by atoms with Gasteiger partial charge in [0.2, 0.25) is 5.91 Å². The highest BCUT2D eigenvalue weighted by Crippen LogP contribution is 2.19. The Hall–Kier alpha value is -0.940. The summed E-state index contributed by atoms with van der Waals surface area (Å²) in [4.78, 5) is 16.1. The van der Waals surface area contributed by atoms with Crippen LogP contribution in [0.2, 0.25) is 0 Å². The molecule has 1 aromatic heterocycles. The van der Waals surface area contributed by atoms with E-state index in [4.69, 9.17) is 0 Å². The van der Waals surface area contributed by atoms with Crippen LogP contribution in [0, 0.1) is 0 Å². The molecule has 1 amide bonds. The molecule has 1 aliphatic rings. The van der Waals surface area contributed by atoms with Crippen LogP contribution in [-0.4, -0.2) is 23.5 Å². The maximum Gasteiger partial charge on any atom is 0.234 e. The summed E-state index contributed by atoms with van der Waals surface area (Å²) in [5, 5.41) is 9.40. The van der Waals surface area contributed by atoms with Crippen LogP contribution in [0.3, 0.4) is 0 Å². The second-order valence-electron chi connectivity index (χ2n) is 4.76. The van der Waals surface area contributed by atoms with Crippen LogP contribution in [0.4, 0.5) is 0 Å². The van der Waals surface area contributed by atoms with Gasteiger partial charge < -0.3 is 5.32 Å². The molecule has 0 aliphatic heterocycles. The van der Waals surface area contributed by atoms with E-state index in [9.17, 15) is 4.79 Å². The zero-order valence-corrected chi connectivity index (χ0v) is 11.6. The molecule has 0 aromatic carbocycles. The number of thiazole rings is 1. The molecule has 1 aromatic rings. The zero-order chi connectivity index (χ0) is 12.8. The van der Waals surface area contributed by atoms with Crippen LogP contribution in [0.1, 0.15) is 50.1 Å². The minimum absolute atomic E-state index is 0.108. The van der Waals surface area contributed by atoms with Gasteiger partial charge in [0.05, 0.1) is 12.6 Å². The normalized spacial score (nSPS) is 17.8. The van der Waals surface area contributed by atoms with Gasteiger partial charge in [0.15, 0.2) is 0 Å². The predicted molar refractivity (Wildman–Crippen MR) is 73.5 cm³/mol. The third kappa shape index (κ3) is 3.78. The van der Waals surface area contributed by atoms with Gasteiger partial charge in [-0.1, -0.05) is 19.8 Å². The first-order valence-corrected chi connectivity index (χ1v) is 7.59. The van der Waals surface area contributed by atoms with Crippen LogP contribution >= 0.6 is 11.3 Å². The number of aromatic nitrogens is 1. The maximum atomic E-state index is 11.8. The molecule has 2 N–H and O–H groups in total. The van der Waals surface area contributed by atoms with Crippen molar-refractivity contribution in [2.75, 3.05) is 6.54 Å². The first-order chi connectivity index (χ1) is 8.79. The van der Waals surface area contributed by atoms with Crippen molar-refractivity contribution in [2.45, 2.75) is 51.1 Å². The van der Waals surface area contributed by atoms with Gasteiger partial charge >= 0.3 is 0 Å². The van der Waals surface area contributed by atoms with Gasteiger partial charge in [-0.25, -0.2) is 4.98 Å². The quantitative estimate of drug-likeness (QED) is 0.831. The smallest absolute Gasteiger partial charge is 0.234 e. The summed E-state index contributed by atoms with van der Waals surface area (Å²) in [6, 6.07) is 0.596. The van der Waals surface area contributed by atoms with E-state index in [-0.39, 0.29) is 11.9 Å². The highest BCUT2D eigenvalue weighted by Gasteiger charge is 2.18. The third-order valence-electron chi connectivity index (χ3n) is 3.39. The summed E-state index contributed by atoms with van der Waals surface area (Å²) in [5.74, 6) is 0.108. The fraction of sp³-hybridized carbons (Fsp3) is 0.692. The van der Waals surface area contributed by atoms with Gasteiger partial charge in [-0.05, 0) is 19.3 Å². The summed E-state index contributed by atoms with van der Waals surface area (Å²) >= 11 is 1.63. The fourth-order valence-electron chi connectivity index (χ4n) is 2.38. The van der Waals surface area contributed by atoms with Crippen molar-refractivity contribution in [1.82, 2.24) is 15.6 Å². The zero-order valence-electron chi connectivity index (χ0n) is 10.8. The Morgan fingerprint density at radius 3 is 2.94 bits per heavy atom. The Kier molecular flexibility index (Phi) is 5.13. The largest absolute Gasteiger partial charge is 0.352 e. The number of carbonyl (C=O) groups excluding carboxylic acids is 1. The lowest BCUT2D eigenvalue weighted by atomic mass is 10.2. The van der Waals surface area contributed by atoms with Crippen molar-refractivity contribution < 1.29 is 4.79 Å². The number of nitrogens with zero attached hydrogens (tertiary/aromatic N) is 1. The van der Waals surface area contributed by atoms with Crippen molar-refractivity contribution >= 4 is 17.2 Å². The second kappa shape index (κ2) is 6.85. The van der Waals surface area contributed by atoms with Gasteiger partial charge in [-0.3, -0.25) is 10.1 Å². The molecule has 5 heteroatoms. The molecular weight excluding hydrogens is 246 g/mol. The van der Waals surface area contributed by atoms with Crippen LogP contribution < -0.4 is 10.6 Å². The molecule has 1 atom stereocenters. The van der Waals surface area contributed by atoms with Crippen molar-refractivity contribution in [3.63, 3.8) is 0 Å². The average molecular weight is 267 g/mol. The van der Waals surface area contributed by atoms with Crippen molar-refractivity contribution in [3.05, 3.63) is 16.6 Å². The van der Waals surface area contributed by atoms with Gasteiger partial charge in [0.1, 0.15) is 5.01 Å². The highest BCUT2D eigenvalue weighted by molar-refractivity contribution is 7.09. The first-order valence-electron chi connectivity index (χ1n) is 6.71. The molecule has 0 spiro atoms. The van der Waals surface area contributed by atoms with Crippen LogP contribution in [0.15, 0.2) is 11.6 Å².